The van der Waals surface area contributed by atoms with Crippen molar-refractivity contribution in [1.29, 1.82) is 0 Å². The summed E-state index contributed by atoms with van der Waals surface area (Å²) in [5.41, 5.74) is 4.49. The van der Waals surface area contributed by atoms with Gasteiger partial charge in [0.25, 0.3) is 0 Å². The molecule has 1 saturated heterocycles. The number of benzene rings is 2. The maximum absolute atomic E-state index is 11.9. The van der Waals surface area contributed by atoms with E-state index in [1.807, 2.05) is 18.2 Å². The van der Waals surface area contributed by atoms with Crippen LogP contribution in [0.5, 0.6) is 5.75 Å². The van der Waals surface area contributed by atoms with E-state index in [9.17, 15) is 4.79 Å². The molecule has 3 heteroatoms. The first kappa shape index (κ1) is 16.9. The minimum absolute atomic E-state index is 0.244. The zero-order valence-corrected chi connectivity index (χ0v) is 16.0. The van der Waals surface area contributed by atoms with Crippen LogP contribution in [-0.2, 0) is 17.8 Å². The molecule has 2 aromatic rings. The van der Waals surface area contributed by atoms with E-state index in [0.29, 0.717) is 23.9 Å². The molecule has 1 amide bonds. The van der Waals surface area contributed by atoms with Gasteiger partial charge in [0.05, 0.1) is 0 Å². The van der Waals surface area contributed by atoms with Crippen molar-refractivity contribution in [2.75, 3.05) is 13.1 Å². The Morgan fingerprint density at radius 1 is 1.19 bits per heavy atom. The number of hydrogen-bond donors (Lipinski definition) is 0. The third-order valence-electron chi connectivity index (χ3n) is 7.28. The molecular formula is C24H27NO2. The number of rotatable bonds is 3. The molecule has 2 aliphatic carbocycles. The minimum Gasteiger partial charge on any atom is -0.489 e. The number of fused-ring (bicyclic) bond motifs is 2. The van der Waals surface area contributed by atoms with Gasteiger partial charge in [-0.25, -0.2) is 0 Å². The fraction of sp³-hybridized carbons (Fsp3) is 0.458. The lowest BCUT2D eigenvalue weighted by molar-refractivity contribution is -0.128. The van der Waals surface area contributed by atoms with E-state index >= 15 is 0 Å². The van der Waals surface area contributed by atoms with Crippen LogP contribution in [0.15, 0.2) is 48.5 Å². The van der Waals surface area contributed by atoms with Crippen molar-refractivity contribution in [1.82, 2.24) is 4.90 Å². The Kier molecular flexibility index (Phi) is 3.99. The zero-order valence-electron chi connectivity index (χ0n) is 16.0. The molecule has 1 saturated carbocycles. The summed E-state index contributed by atoms with van der Waals surface area (Å²) in [7, 11) is 0. The van der Waals surface area contributed by atoms with Crippen molar-refractivity contribution in [3.63, 3.8) is 0 Å². The molecule has 3 atom stereocenters. The quantitative estimate of drug-likeness (QED) is 0.802. The van der Waals surface area contributed by atoms with Crippen molar-refractivity contribution in [2.24, 2.45) is 11.3 Å². The van der Waals surface area contributed by atoms with Crippen LogP contribution in [0.2, 0.25) is 0 Å². The minimum atomic E-state index is 0.244. The molecule has 5 rings (SSSR count). The van der Waals surface area contributed by atoms with Gasteiger partial charge in [0.2, 0.25) is 5.91 Å². The molecule has 1 unspecified atom stereocenters. The number of amides is 1. The average Bonchev–Trinajstić information content (AvgIpc) is 3.22. The Morgan fingerprint density at radius 2 is 2.04 bits per heavy atom. The van der Waals surface area contributed by atoms with Gasteiger partial charge in [-0.05, 0) is 71.8 Å². The smallest absolute Gasteiger partial charge is 0.219 e. The Morgan fingerprint density at radius 3 is 2.85 bits per heavy atom. The Hall–Kier alpha value is -2.29. The molecule has 140 valence electrons. The monoisotopic (exact) mass is 361 g/mol. The zero-order chi connectivity index (χ0) is 18.4. The second-order valence-corrected chi connectivity index (χ2v) is 8.59. The molecule has 0 N–H and O–H groups in total. The molecule has 3 aliphatic rings. The number of likely N-dealkylation sites (tertiary alicyclic amines) is 1. The first-order valence-corrected chi connectivity index (χ1v) is 10.2. The van der Waals surface area contributed by atoms with Gasteiger partial charge < -0.3 is 9.64 Å². The van der Waals surface area contributed by atoms with Crippen molar-refractivity contribution >= 4 is 5.91 Å². The summed E-state index contributed by atoms with van der Waals surface area (Å²) in [6, 6.07) is 17.0. The van der Waals surface area contributed by atoms with Gasteiger partial charge in [-0.2, -0.15) is 0 Å². The normalized spacial score (nSPS) is 28.4. The van der Waals surface area contributed by atoms with E-state index in [2.05, 4.69) is 35.2 Å². The number of nitrogens with zero attached hydrogens (tertiary/aromatic N) is 1. The third-order valence-corrected chi connectivity index (χ3v) is 7.28. The third kappa shape index (κ3) is 2.75. The van der Waals surface area contributed by atoms with Crippen LogP contribution in [0, 0.1) is 11.3 Å². The molecule has 1 spiro atoms. The summed E-state index contributed by atoms with van der Waals surface area (Å²) in [5.74, 6) is 2.51. The van der Waals surface area contributed by atoms with Crippen molar-refractivity contribution in [2.45, 2.75) is 45.1 Å². The van der Waals surface area contributed by atoms with Gasteiger partial charge in [-0.1, -0.05) is 36.4 Å². The van der Waals surface area contributed by atoms with Crippen molar-refractivity contribution in [3.8, 4) is 5.75 Å². The van der Waals surface area contributed by atoms with Crippen LogP contribution in [0.4, 0.5) is 0 Å². The SMILES string of the molecule is CC(=O)N1C[C@H]2CC[C@H]3c4ccc(OCc5ccccc5)cc4CCC23C1. The van der Waals surface area contributed by atoms with Crippen LogP contribution in [-0.4, -0.2) is 23.9 Å². The van der Waals surface area contributed by atoms with Crippen LogP contribution in [0.25, 0.3) is 0 Å². The highest BCUT2D eigenvalue weighted by Gasteiger charge is 2.57. The second-order valence-electron chi connectivity index (χ2n) is 8.59. The molecule has 1 aliphatic heterocycles. The highest BCUT2D eigenvalue weighted by atomic mass is 16.5. The summed E-state index contributed by atoms with van der Waals surface area (Å²) in [4.78, 5) is 14.0. The van der Waals surface area contributed by atoms with Crippen LogP contribution < -0.4 is 4.74 Å². The van der Waals surface area contributed by atoms with Crippen molar-refractivity contribution in [3.05, 3.63) is 65.2 Å². The summed E-state index contributed by atoms with van der Waals surface area (Å²) in [6.45, 7) is 4.27. The molecule has 3 nitrogen and oxygen atoms in total. The molecule has 0 bridgehead atoms. The topological polar surface area (TPSA) is 29.5 Å². The molecule has 2 aromatic carbocycles. The van der Waals surface area contributed by atoms with E-state index in [1.165, 1.54) is 36.0 Å². The first-order chi connectivity index (χ1) is 13.2. The number of ether oxygens (including phenoxy) is 1. The fourth-order valence-electron chi connectivity index (χ4n) is 5.92. The Balaban J connectivity index is 1.37. The van der Waals surface area contributed by atoms with Crippen LogP contribution in [0.1, 0.15) is 48.8 Å². The van der Waals surface area contributed by atoms with Crippen LogP contribution in [0.3, 0.4) is 0 Å². The summed E-state index contributed by atoms with van der Waals surface area (Å²) in [6.07, 6.45) is 4.85. The molecule has 1 heterocycles. The van der Waals surface area contributed by atoms with E-state index in [0.717, 1.165) is 25.3 Å². The lowest BCUT2D eigenvalue weighted by Crippen LogP contribution is -2.37. The maximum atomic E-state index is 11.9. The molecule has 2 fully saturated rings. The second kappa shape index (κ2) is 6.40. The Labute approximate surface area is 161 Å². The van der Waals surface area contributed by atoms with Gasteiger partial charge in [0.15, 0.2) is 0 Å². The predicted octanol–water partition coefficient (Wildman–Crippen LogP) is 4.55. The average molecular weight is 361 g/mol. The number of aryl methyl sites for hydroxylation is 1. The fourth-order valence-corrected chi connectivity index (χ4v) is 5.92. The Bertz CT molecular complexity index is 862. The van der Waals surface area contributed by atoms with Gasteiger partial charge in [-0.15, -0.1) is 0 Å². The van der Waals surface area contributed by atoms with Gasteiger partial charge in [0.1, 0.15) is 12.4 Å². The molecular weight excluding hydrogens is 334 g/mol. The summed E-state index contributed by atoms with van der Waals surface area (Å²) < 4.78 is 6.05. The standard InChI is InChI=1S/C24H27NO2/c1-17(26)25-14-20-7-10-23-22-9-8-21(27-15-18-5-3-2-4-6-18)13-19(22)11-12-24(20,23)16-25/h2-6,8-9,13,20,23H,7,10-12,14-16H2,1H3/t20-,23+,24?/m1/s1. The van der Waals surface area contributed by atoms with E-state index in [-0.39, 0.29) is 5.91 Å². The number of carbonyl (C=O) groups is 1. The van der Waals surface area contributed by atoms with E-state index in [1.54, 1.807) is 6.92 Å². The molecule has 27 heavy (non-hydrogen) atoms. The lowest BCUT2D eigenvalue weighted by Gasteiger charge is -2.41. The summed E-state index contributed by atoms with van der Waals surface area (Å²) in [5, 5.41) is 0. The van der Waals surface area contributed by atoms with E-state index < -0.39 is 0 Å². The van der Waals surface area contributed by atoms with Crippen LogP contribution >= 0.6 is 0 Å². The number of carbonyl (C=O) groups excluding carboxylic acids is 1. The lowest BCUT2D eigenvalue weighted by atomic mass is 9.63. The van der Waals surface area contributed by atoms with Gasteiger partial charge in [0, 0.05) is 20.0 Å². The van der Waals surface area contributed by atoms with Gasteiger partial charge in [-0.3, -0.25) is 4.79 Å². The summed E-state index contributed by atoms with van der Waals surface area (Å²) >= 11 is 0. The van der Waals surface area contributed by atoms with Crippen molar-refractivity contribution < 1.29 is 9.53 Å². The molecule has 0 aromatic heterocycles. The first-order valence-electron chi connectivity index (χ1n) is 10.2. The largest absolute Gasteiger partial charge is 0.489 e. The molecule has 0 radical (unpaired) electrons. The highest BCUT2D eigenvalue weighted by Crippen LogP contribution is 2.61. The number of hydrogen-bond acceptors (Lipinski definition) is 2. The maximum Gasteiger partial charge on any atom is 0.219 e. The van der Waals surface area contributed by atoms with Gasteiger partial charge >= 0.3 is 0 Å². The highest BCUT2D eigenvalue weighted by molar-refractivity contribution is 5.73. The predicted molar refractivity (Wildman–Crippen MR) is 106 cm³/mol. The van der Waals surface area contributed by atoms with E-state index in [4.69, 9.17) is 4.74 Å².